The van der Waals surface area contributed by atoms with E-state index < -0.39 is 9.84 Å². The number of hydrogen-bond acceptors (Lipinski definition) is 5. The molecule has 1 aliphatic rings. The van der Waals surface area contributed by atoms with Crippen LogP contribution in [0.25, 0.3) is 0 Å². The Bertz CT molecular complexity index is 533. The third-order valence-corrected chi connectivity index (χ3v) is 5.95. The van der Waals surface area contributed by atoms with E-state index in [2.05, 4.69) is 36.4 Å². The van der Waals surface area contributed by atoms with E-state index >= 15 is 0 Å². The van der Waals surface area contributed by atoms with Crippen LogP contribution in [0.2, 0.25) is 0 Å². The van der Waals surface area contributed by atoms with E-state index in [9.17, 15) is 8.42 Å². The first-order valence-electron chi connectivity index (χ1n) is 8.41. The van der Waals surface area contributed by atoms with Crippen LogP contribution >= 0.6 is 0 Å². The van der Waals surface area contributed by atoms with Gasteiger partial charge in [0.1, 0.15) is 9.84 Å². The standard InChI is InChI=1S/C16H33N3O4S/c1-7-17-14(18-8-9-23-10-11-24(6,20)21)19-13-12-16(4,22-5)15(13,2)3/h13H,7-12H2,1-6H3,(H2,17,18,19). The van der Waals surface area contributed by atoms with Gasteiger partial charge in [-0.3, -0.25) is 4.99 Å². The van der Waals surface area contributed by atoms with Crippen molar-refractivity contribution in [1.82, 2.24) is 10.6 Å². The summed E-state index contributed by atoms with van der Waals surface area (Å²) in [7, 11) is -1.22. The number of sulfone groups is 1. The first-order valence-corrected chi connectivity index (χ1v) is 10.5. The summed E-state index contributed by atoms with van der Waals surface area (Å²) in [5.74, 6) is 0.793. The second-order valence-electron chi connectivity index (χ2n) is 7.06. The number of ether oxygens (including phenoxy) is 2. The summed E-state index contributed by atoms with van der Waals surface area (Å²) in [4.78, 5) is 4.49. The molecular formula is C16H33N3O4S. The number of rotatable bonds is 9. The van der Waals surface area contributed by atoms with Crippen molar-refractivity contribution in [3.63, 3.8) is 0 Å². The minimum atomic E-state index is -2.97. The van der Waals surface area contributed by atoms with Gasteiger partial charge in [0.2, 0.25) is 0 Å². The summed E-state index contributed by atoms with van der Waals surface area (Å²) in [5, 5.41) is 6.68. The van der Waals surface area contributed by atoms with Gasteiger partial charge in [-0.2, -0.15) is 0 Å². The van der Waals surface area contributed by atoms with Crippen molar-refractivity contribution in [2.45, 2.75) is 45.8 Å². The molecule has 0 aliphatic heterocycles. The van der Waals surface area contributed by atoms with Gasteiger partial charge in [-0.1, -0.05) is 13.8 Å². The fourth-order valence-corrected chi connectivity index (χ4v) is 3.16. The third kappa shape index (κ3) is 5.60. The maximum absolute atomic E-state index is 11.0. The lowest BCUT2D eigenvalue weighted by Gasteiger charge is -2.59. The largest absolute Gasteiger partial charge is 0.378 e. The molecule has 0 heterocycles. The number of aliphatic imine (C=N–C) groups is 1. The number of methoxy groups -OCH3 is 1. The predicted molar refractivity (Wildman–Crippen MR) is 97.2 cm³/mol. The monoisotopic (exact) mass is 363 g/mol. The van der Waals surface area contributed by atoms with E-state index in [4.69, 9.17) is 9.47 Å². The molecule has 142 valence electrons. The van der Waals surface area contributed by atoms with Crippen LogP contribution in [0.4, 0.5) is 0 Å². The molecule has 7 nitrogen and oxygen atoms in total. The topological polar surface area (TPSA) is 89.0 Å². The number of nitrogens with one attached hydrogen (secondary N) is 2. The van der Waals surface area contributed by atoms with Crippen molar-refractivity contribution in [1.29, 1.82) is 0 Å². The molecule has 0 amide bonds. The van der Waals surface area contributed by atoms with Gasteiger partial charge >= 0.3 is 0 Å². The average Bonchev–Trinajstić information content (AvgIpc) is 2.48. The average molecular weight is 364 g/mol. The van der Waals surface area contributed by atoms with Crippen LogP contribution in [-0.2, 0) is 19.3 Å². The SMILES string of the molecule is CCNC(=NCCOCCS(C)(=O)=O)NC1CC(C)(OC)C1(C)C. The predicted octanol–water partition coefficient (Wildman–Crippen LogP) is 0.806. The molecule has 0 saturated heterocycles. The molecule has 0 spiro atoms. The van der Waals surface area contributed by atoms with Crippen molar-refractivity contribution >= 4 is 15.8 Å². The van der Waals surface area contributed by atoms with Crippen LogP contribution in [0, 0.1) is 5.41 Å². The third-order valence-electron chi connectivity index (χ3n) is 5.04. The highest BCUT2D eigenvalue weighted by Gasteiger charge is 2.58. The molecule has 1 fully saturated rings. The molecule has 24 heavy (non-hydrogen) atoms. The number of nitrogens with zero attached hydrogens (tertiary/aromatic N) is 1. The van der Waals surface area contributed by atoms with Crippen LogP contribution < -0.4 is 10.6 Å². The minimum Gasteiger partial charge on any atom is -0.378 e. The van der Waals surface area contributed by atoms with E-state index in [0.29, 0.717) is 13.2 Å². The van der Waals surface area contributed by atoms with E-state index in [0.717, 1.165) is 18.9 Å². The van der Waals surface area contributed by atoms with Crippen molar-refractivity contribution in [2.75, 3.05) is 45.4 Å². The Morgan fingerprint density at radius 1 is 1.29 bits per heavy atom. The van der Waals surface area contributed by atoms with Crippen LogP contribution in [0.5, 0.6) is 0 Å². The lowest BCUT2D eigenvalue weighted by Crippen LogP contribution is -2.69. The van der Waals surface area contributed by atoms with E-state index in [-0.39, 0.29) is 29.4 Å². The molecule has 8 heteroatoms. The first-order chi connectivity index (χ1) is 11.1. The molecule has 2 N–H and O–H groups in total. The summed E-state index contributed by atoms with van der Waals surface area (Å²) in [5.41, 5.74) is -0.124. The lowest BCUT2D eigenvalue weighted by molar-refractivity contribution is -0.176. The van der Waals surface area contributed by atoms with E-state index in [1.54, 1.807) is 7.11 Å². The number of guanidine groups is 1. The second-order valence-corrected chi connectivity index (χ2v) is 9.32. The van der Waals surface area contributed by atoms with Gasteiger partial charge in [-0.15, -0.1) is 0 Å². The van der Waals surface area contributed by atoms with Gasteiger partial charge in [0.05, 0.1) is 31.1 Å². The Hall–Kier alpha value is -0.860. The van der Waals surface area contributed by atoms with Gasteiger partial charge in [0.25, 0.3) is 0 Å². The molecule has 1 saturated carbocycles. The normalized spacial score (nSPS) is 26.8. The highest BCUT2D eigenvalue weighted by Crippen LogP contribution is 2.51. The lowest BCUT2D eigenvalue weighted by atomic mass is 9.56. The van der Waals surface area contributed by atoms with Gasteiger partial charge in [0.15, 0.2) is 5.96 Å². The summed E-state index contributed by atoms with van der Waals surface area (Å²) in [6.45, 7) is 10.4. The maximum Gasteiger partial charge on any atom is 0.191 e. The highest BCUT2D eigenvalue weighted by molar-refractivity contribution is 7.90. The Morgan fingerprint density at radius 2 is 1.96 bits per heavy atom. The molecule has 0 radical (unpaired) electrons. The Morgan fingerprint density at radius 3 is 2.46 bits per heavy atom. The molecule has 0 aromatic rings. The van der Waals surface area contributed by atoms with Crippen molar-refractivity contribution in [2.24, 2.45) is 10.4 Å². The highest BCUT2D eigenvalue weighted by atomic mass is 32.2. The molecular weight excluding hydrogens is 330 g/mol. The van der Waals surface area contributed by atoms with Crippen LogP contribution in [0.15, 0.2) is 4.99 Å². The van der Waals surface area contributed by atoms with E-state index in [1.165, 1.54) is 6.26 Å². The molecule has 1 aliphatic carbocycles. The fraction of sp³-hybridized carbons (Fsp3) is 0.938. The van der Waals surface area contributed by atoms with Crippen molar-refractivity contribution < 1.29 is 17.9 Å². The van der Waals surface area contributed by atoms with Gasteiger partial charge in [0, 0.05) is 31.4 Å². The van der Waals surface area contributed by atoms with Gasteiger partial charge < -0.3 is 20.1 Å². The molecule has 0 bridgehead atoms. The first kappa shape index (κ1) is 21.2. The van der Waals surface area contributed by atoms with Crippen molar-refractivity contribution in [3.05, 3.63) is 0 Å². The molecule has 2 unspecified atom stereocenters. The van der Waals surface area contributed by atoms with Gasteiger partial charge in [-0.25, -0.2) is 8.42 Å². The van der Waals surface area contributed by atoms with Crippen molar-refractivity contribution in [3.8, 4) is 0 Å². The summed E-state index contributed by atoms with van der Waals surface area (Å²) in [6, 6.07) is 0.284. The molecule has 1 rings (SSSR count). The van der Waals surface area contributed by atoms with Crippen LogP contribution in [0.1, 0.15) is 34.1 Å². The Kier molecular flexibility index (Phi) is 7.49. The zero-order valence-corrected chi connectivity index (χ0v) is 16.6. The Labute approximate surface area is 146 Å². The second kappa shape index (κ2) is 8.49. The maximum atomic E-state index is 11.0. The smallest absolute Gasteiger partial charge is 0.191 e. The van der Waals surface area contributed by atoms with E-state index in [1.807, 2.05) is 6.92 Å². The molecule has 0 aromatic heterocycles. The summed E-state index contributed by atoms with van der Waals surface area (Å²) in [6.07, 6.45) is 2.13. The van der Waals surface area contributed by atoms with Gasteiger partial charge in [-0.05, 0) is 20.3 Å². The zero-order valence-electron chi connectivity index (χ0n) is 15.8. The summed E-state index contributed by atoms with van der Waals surface area (Å²) >= 11 is 0. The molecule has 0 aromatic carbocycles. The minimum absolute atomic E-state index is 0.00390. The summed E-state index contributed by atoms with van der Waals surface area (Å²) < 4.78 is 33.0. The Balaban J connectivity index is 2.44. The van der Waals surface area contributed by atoms with Crippen LogP contribution in [0.3, 0.4) is 0 Å². The fourth-order valence-electron chi connectivity index (χ4n) is 2.74. The van der Waals surface area contributed by atoms with Crippen LogP contribution in [-0.4, -0.2) is 71.4 Å². The molecule has 2 atom stereocenters. The zero-order chi connectivity index (χ0) is 18.4. The number of hydrogen-bond donors (Lipinski definition) is 2. The quantitative estimate of drug-likeness (QED) is 0.358.